The van der Waals surface area contributed by atoms with Gasteiger partial charge in [0.25, 0.3) is 5.91 Å². The van der Waals surface area contributed by atoms with Crippen LogP contribution in [0, 0.1) is 0 Å². The second kappa shape index (κ2) is 6.06. The van der Waals surface area contributed by atoms with Gasteiger partial charge in [0.05, 0.1) is 11.4 Å². The molecule has 0 unspecified atom stereocenters. The fourth-order valence-corrected chi connectivity index (χ4v) is 1.87. The van der Waals surface area contributed by atoms with E-state index < -0.39 is 0 Å². The van der Waals surface area contributed by atoms with E-state index in [1.54, 1.807) is 19.3 Å². The molecule has 0 radical (unpaired) electrons. The lowest BCUT2D eigenvalue weighted by Gasteiger charge is -2.17. The van der Waals surface area contributed by atoms with Crippen molar-refractivity contribution in [3.05, 3.63) is 48.3 Å². The molecule has 5 nitrogen and oxygen atoms in total. The third-order valence-corrected chi connectivity index (χ3v) is 2.92. The molecule has 0 aliphatic rings. The maximum Gasteiger partial charge on any atom is 0.274 e. The van der Waals surface area contributed by atoms with E-state index in [9.17, 15) is 4.79 Å². The van der Waals surface area contributed by atoms with Crippen LogP contribution in [0.25, 0.3) is 0 Å². The van der Waals surface area contributed by atoms with Crippen molar-refractivity contribution in [3.63, 3.8) is 0 Å². The average molecular weight is 270 g/mol. The highest BCUT2D eigenvalue weighted by atomic mass is 16.1. The zero-order valence-electron chi connectivity index (χ0n) is 11.8. The van der Waals surface area contributed by atoms with E-state index in [2.05, 4.69) is 15.6 Å². The number of nitrogens with one attached hydrogen (secondary N) is 2. The summed E-state index contributed by atoms with van der Waals surface area (Å²) in [6.45, 7) is 0. The molecule has 2 N–H and O–H groups in total. The van der Waals surface area contributed by atoms with E-state index in [4.69, 9.17) is 0 Å². The third-order valence-electron chi connectivity index (χ3n) is 2.92. The lowest BCUT2D eigenvalue weighted by molar-refractivity contribution is 0.102. The van der Waals surface area contributed by atoms with Gasteiger partial charge in [-0.15, -0.1) is 0 Å². The van der Waals surface area contributed by atoms with Crippen molar-refractivity contribution in [2.45, 2.75) is 0 Å². The Kier molecular flexibility index (Phi) is 4.20. The first-order valence-electron chi connectivity index (χ1n) is 6.33. The van der Waals surface area contributed by atoms with Gasteiger partial charge in [0.15, 0.2) is 0 Å². The summed E-state index contributed by atoms with van der Waals surface area (Å²) in [6.07, 6.45) is 1.61. The van der Waals surface area contributed by atoms with Crippen molar-refractivity contribution in [1.29, 1.82) is 0 Å². The molecule has 0 saturated heterocycles. The van der Waals surface area contributed by atoms with Crippen LogP contribution in [0.4, 0.5) is 17.1 Å². The van der Waals surface area contributed by atoms with Crippen molar-refractivity contribution in [2.24, 2.45) is 0 Å². The van der Waals surface area contributed by atoms with Gasteiger partial charge in [-0.2, -0.15) is 0 Å². The summed E-state index contributed by atoms with van der Waals surface area (Å²) in [7, 11) is 5.67. The minimum atomic E-state index is -0.226. The fraction of sp³-hybridized carbons (Fsp3) is 0.200. The Hall–Kier alpha value is -2.56. The zero-order chi connectivity index (χ0) is 14.5. The van der Waals surface area contributed by atoms with Gasteiger partial charge >= 0.3 is 0 Å². The highest BCUT2D eigenvalue weighted by molar-refractivity contribution is 6.05. The second-order valence-corrected chi connectivity index (χ2v) is 4.55. The number of anilines is 3. The van der Waals surface area contributed by atoms with Gasteiger partial charge in [-0.3, -0.25) is 9.78 Å². The Balaban J connectivity index is 2.23. The number of rotatable bonds is 4. The second-order valence-electron chi connectivity index (χ2n) is 4.55. The van der Waals surface area contributed by atoms with E-state index in [0.717, 1.165) is 17.1 Å². The largest absolute Gasteiger partial charge is 0.388 e. The molecule has 0 saturated carbocycles. The van der Waals surface area contributed by atoms with Gasteiger partial charge in [-0.1, -0.05) is 12.1 Å². The molecule has 0 spiro atoms. The SMILES string of the molecule is CNc1ccnc(C(=O)Nc2ccccc2N(C)C)c1. The quantitative estimate of drug-likeness (QED) is 0.896. The number of carbonyl (C=O) groups is 1. The number of hydrogen-bond donors (Lipinski definition) is 2. The molecular formula is C15H18N4O. The van der Waals surface area contributed by atoms with Crippen molar-refractivity contribution in [2.75, 3.05) is 36.7 Å². The minimum absolute atomic E-state index is 0.226. The van der Waals surface area contributed by atoms with Crippen LogP contribution in [0.5, 0.6) is 0 Å². The van der Waals surface area contributed by atoms with Gasteiger partial charge in [0.1, 0.15) is 5.69 Å². The summed E-state index contributed by atoms with van der Waals surface area (Å²) in [6, 6.07) is 11.2. The van der Waals surface area contributed by atoms with E-state index in [1.165, 1.54) is 0 Å². The van der Waals surface area contributed by atoms with Crippen LogP contribution in [-0.2, 0) is 0 Å². The molecule has 1 heterocycles. The Morgan fingerprint density at radius 2 is 1.95 bits per heavy atom. The number of amides is 1. The molecule has 0 aliphatic carbocycles. The first-order chi connectivity index (χ1) is 9.61. The van der Waals surface area contributed by atoms with Crippen LogP contribution in [0.3, 0.4) is 0 Å². The van der Waals surface area contributed by atoms with Crippen LogP contribution >= 0.6 is 0 Å². The van der Waals surface area contributed by atoms with Gasteiger partial charge in [-0.25, -0.2) is 0 Å². The normalized spacial score (nSPS) is 9.95. The monoisotopic (exact) mass is 270 g/mol. The van der Waals surface area contributed by atoms with Gasteiger partial charge < -0.3 is 15.5 Å². The van der Waals surface area contributed by atoms with Crippen LogP contribution in [0.2, 0.25) is 0 Å². The molecule has 0 atom stereocenters. The van der Waals surface area contributed by atoms with Gasteiger partial charge in [-0.05, 0) is 24.3 Å². The molecule has 5 heteroatoms. The Labute approximate surface area is 118 Å². The number of para-hydroxylation sites is 2. The van der Waals surface area contributed by atoms with Crippen molar-refractivity contribution < 1.29 is 4.79 Å². The minimum Gasteiger partial charge on any atom is -0.388 e. The Morgan fingerprint density at radius 3 is 2.65 bits per heavy atom. The lowest BCUT2D eigenvalue weighted by Crippen LogP contribution is -2.17. The number of pyridine rings is 1. The summed E-state index contributed by atoms with van der Waals surface area (Å²) in [4.78, 5) is 18.3. The molecular weight excluding hydrogens is 252 g/mol. The van der Waals surface area contributed by atoms with Crippen LogP contribution in [0.15, 0.2) is 42.6 Å². The Morgan fingerprint density at radius 1 is 1.20 bits per heavy atom. The summed E-state index contributed by atoms with van der Waals surface area (Å²) >= 11 is 0. The van der Waals surface area contributed by atoms with E-state index in [1.807, 2.05) is 49.3 Å². The number of aromatic nitrogens is 1. The lowest BCUT2D eigenvalue weighted by atomic mass is 10.2. The predicted molar refractivity (Wildman–Crippen MR) is 82.5 cm³/mol. The van der Waals surface area contributed by atoms with Crippen molar-refractivity contribution >= 4 is 23.0 Å². The molecule has 20 heavy (non-hydrogen) atoms. The summed E-state index contributed by atoms with van der Waals surface area (Å²) in [5.74, 6) is -0.226. The first-order valence-corrected chi connectivity index (χ1v) is 6.33. The topological polar surface area (TPSA) is 57.3 Å². The molecule has 0 aliphatic heterocycles. The molecule has 1 aromatic heterocycles. The van der Waals surface area contributed by atoms with Crippen LogP contribution in [0.1, 0.15) is 10.5 Å². The number of nitrogens with zero attached hydrogens (tertiary/aromatic N) is 2. The molecule has 2 rings (SSSR count). The molecule has 1 amide bonds. The van der Waals surface area contributed by atoms with Crippen LogP contribution in [-0.4, -0.2) is 32.0 Å². The summed E-state index contributed by atoms with van der Waals surface area (Å²) in [5.41, 5.74) is 2.95. The zero-order valence-corrected chi connectivity index (χ0v) is 11.8. The van der Waals surface area contributed by atoms with E-state index in [0.29, 0.717) is 5.69 Å². The number of benzene rings is 1. The first kappa shape index (κ1) is 13.9. The number of hydrogen-bond acceptors (Lipinski definition) is 4. The fourth-order valence-electron chi connectivity index (χ4n) is 1.87. The summed E-state index contributed by atoms with van der Waals surface area (Å²) in [5, 5.41) is 5.88. The third kappa shape index (κ3) is 3.06. The van der Waals surface area contributed by atoms with Crippen molar-refractivity contribution in [3.8, 4) is 0 Å². The summed E-state index contributed by atoms with van der Waals surface area (Å²) < 4.78 is 0. The Bertz CT molecular complexity index is 610. The molecule has 0 bridgehead atoms. The maximum absolute atomic E-state index is 12.2. The van der Waals surface area contributed by atoms with Crippen molar-refractivity contribution in [1.82, 2.24) is 4.98 Å². The highest BCUT2D eigenvalue weighted by Crippen LogP contribution is 2.24. The number of carbonyl (C=O) groups excluding carboxylic acids is 1. The highest BCUT2D eigenvalue weighted by Gasteiger charge is 2.11. The standard InChI is InChI=1S/C15H18N4O/c1-16-11-8-9-17-13(10-11)15(20)18-12-6-4-5-7-14(12)19(2)3/h4-10H,1-3H3,(H,16,17)(H,18,20). The van der Waals surface area contributed by atoms with E-state index >= 15 is 0 Å². The molecule has 104 valence electrons. The van der Waals surface area contributed by atoms with Gasteiger partial charge in [0, 0.05) is 33.0 Å². The average Bonchev–Trinajstić information content (AvgIpc) is 2.47. The smallest absolute Gasteiger partial charge is 0.274 e. The predicted octanol–water partition coefficient (Wildman–Crippen LogP) is 2.44. The van der Waals surface area contributed by atoms with Crippen LogP contribution < -0.4 is 15.5 Å². The molecule has 1 aromatic carbocycles. The van der Waals surface area contributed by atoms with Gasteiger partial charge in [0.2, 0.25) is 0 Å². The maximum atomic E-state index is 12.2. The molecule has 2 aromatic rings. The molecule has 0 fully saturated rings. The van der Waals surface area contributed by atoms with E-state index in [-0.39, 0.29) is 5.91 Å².